The number of aromatic hydroxyl groups is 2. The zero-order chi connectivity index (χ0) is 18.5. The summed E-state index contributed by atoms with van der Waals surface area (Å²) in [5.74, 6) is 0.460. The van der Waals surface area contributed by atoms with Gasteiger partial charge in [0.2, 0.25) is 0 Å². The predicted octanol–water partition coefficient (Wildman–Crippen LogP) is 2.67. The molecule has 6 heteroatoms. The molecule has 0 saturated heterocycles. The first kappa shape index (κ1) is 19.6. The summed E-state index contributed by atoms with van der Waals surface area (Å²) in [6, 6.07) is 13.9. The van der Waals surface area contributed by atoms with E-state index in [0.29, 0.717) is 39.5 Å². The quantitative estimate of drug-likeness (QED) is 0.479. The molecule has 2 N–H and O–H groups in total. The highest BCUT2D eigenvalue weighted by Crippen LogP contribution is 2.09. The molecule has 6 nitrogen and oxygen atoms in total. The molecule has 0 unspecified atom stereocenters. The van der Waals surface area contributed by atoms with Crippen molar-refractivity contribution in [3.63, 3.8) is 0 Å². The van der Waals surface area contributed by atoms with Crippen molar-refractivity contribution < 1.29 is 19.7 Å². The van der Waals surface area contributed by atoms with Crippen LogP contribution in [0.5, 0.6) is 11.5 Å². The first-order valence-corrected chi connectivity index (χ1v) is 8.47. The van der Waals surface area contributed by atoms with Crippen molar-refractivity contribution >= 4 is 12.4 Å². The Morgan fingerprint density at radius 2 is 1.15 bits per heavy atom. The van der Waals surface area contributed by atoms with E-state index in [9.17, 15) is 10.2 Å². The molecule has 0 spiro atoms. The summed E-state index contributed by atoms with van der Waals surface area (Å²) < 4.78 is 10.9. The average molecular weight is 356 g/mol. The van der Waals surface area contributed by atoms with Gasteiger partial charge < -0.3 is 19.7 Å². The van der Waals surface area contributed by atoms with Crippen molar-refractivity contribution in [1.82, 2.24) is 0 Å². The van der Waals surface area contributed by atoms with Crippen LogP contribution in [0.25, 0.3) is 0 Å². The molecular weight excluding hydrogens is 332 g/mol. The van der Waals surface area contributed by atoms with E-state index in [1.54, 1.807) is 48.8 Å². The lowest BCUT2D eigenvalue weighted by Crippen LogP contribution is -2.08. The van der Waals surface area contributed by atoms with E-state index < -0.39 is 0 Å². The van der Waals surface area contributed by atoms with Crippen LogP contribution in [0.2, 0.25) is 0 Å². The van der Waals surface area contributed by atoms with Crippen LogP contribution >= 0.6 is 0 Å². The number of benzene rings is 2. The minimum Gasteiger partial charge on any atom is -0.508 e. The van der Waals surface area contributed by atoms with Gasteiger partial charge in [-0.05, 0) is 35.4 Å². The monoisotopic (exact) mass is 356 g/mol. The van der Waals surface area contributed by atoms with Crippen LogP contribution in [-0.4, -0.2) is 62.2 Å². The Morgan fingerprint density at radius 3 is 1.58 bits per heavy atom. The largest absolute Gasteiger partial charge is 0.508 e. The van der Waals surface area contributed by atoms with Crippen LogP contribution in [0, 0.1) is 0 Å². The molecule has 2 rings (SSSR count). The molecule has 2 aromatic rings. The second-order valence-electron chi connectivity index (χ2n) is 5.49. The first-order valence-electron chi connectivity index (χ1n) is 8.47. The fourth-order valence-corrected chi connectivity index (χ4v) is 2.11. The maximum Gasteiger partial charge on any atom is 0.116 e. The van der Waals surface area contributed by atoms with Crippen molar-refractivity contribution in [2.75, 3.05) is 39.5 Å². The molecule has 0 aliphatic rings. The van der Waals surface area contributed by atoms with Crippen LogP contribution in [0.3, 0.4) is 0 Å². The van der Waals surface area contributed by atoms with Gasteiger partial charge in [-0.2, -0.15) is 0 Å². The first-order chi connectivity index (χ1) is 12.7. The molecule has 0 saturated carbocycles. The maximum atomic E-state index is 9.34. The number of hydrogen-bond donors (Lipinski definition) is 2. The van der Waals surface area contributed by atoms with Crippen molar-refractivity contribution in [2.45, 2.75) is 0 Å². The van der Waals surface area contributed by atoms with E-state index in [1.807, 2.05) is 12.1 Å². The summed E-state index contributed by atoms with van der Waals surface area (Å²) in [7, 11) is 0. The van der Waals surface area contributed by atoms with E-state index in [0.717, 1.165) is 11.1 Å². The lowest BCUT2D eigenvalue weighted by atomic mass is 10.2. The van der Waals surface area contributed by atoms with Crippen LogP contribution in [-0.2, 0) is 9.47 Å². The Kier molecular flexibility index (Phi) is 8.89. The third-order valence-electron chi connectivity index (χ3n) is 3.32. The fourth-order valence-electron chi connectivity index (χ4n) is 2.11. The van der Waals surface area contributed by atoms with Gasteiger partial charge in [0.15, 0.2) is 0 Å². The Balaban J connectivity index is 1.44. The summed E-state index contributed by atoms with van der Waals surface area (Å²) in [5, 5.41) is 18.7. The summed E-state index contributed by atoms with van der Waals surface area (Å²) in [6.07, 6.45) is 3.42. The number of aliphatic imine (C=N–C) groups is 2. The van der Waals surface area contributed by atoms with E-state index in [-0.39, 0.29) is 11.5 Å². The Labute approximate surface area is 153 Å². The fraction of sp³-hybridized carbons (Fsp3) is 0.300. The minimum absolute atomic E-state index is 0.230. The maximum absolute atomic E-state index is 9.34. The molecule has 0 aliphatic carbocycles. The predicted molar refractivity (Wildman–Crippen MR) is 103 cm³/mol. The Morgan fingerprint density at radius 1 is 0.692 bits per heavy atom. The highest BCUT2D eigenvalue weighted by atomic mass is 16.5. The molecular formula is C20H24N2O4. The van der Waals surface area contributed by atoms with Crippen molar-refractivity contribution in [1.29, 1.82) is 0 Å². The van der Waals surface area contributed by atoms with Crippen LogP contribution in [0.4, 0.5) is 0 Å². The molecule has 0 aromatic heterocycles. The van der Waals surface area contributed by atoms with Gasteiger partial charge in [0.1, 0.15) is 11.5 Å². The van der Waals surface area contributed by atoms with Gasteiger partial charge in [0.25, 0.3) is 0 Å². The second kappa shape index (κ2) is 11.8. The highest BCUT2D eigenvalue weighted by Gasteiger charge is 1.92. The van der Waals surface area contributed by atoms with Gasteiger partial charge in [-0.25, -0.2) is 0 Å². The molecule has 0 amide bonds. The van der Waals surface area contributed by atoms with Gasteiger partial charge in [-0.1, -0.05) is 24.3 Å². The lowest BCUT2D eigenvalue weighted by Gasteiger charge is -2.03. The van der Waals surface area contributed by atoms with Gasteiger partial charge in [0, 0.05) is 12.4 Å². The molecule has 0 atom stereocenters. The van der Waals surface area contributed by atoms with Gasteiger partial charge in [0.05, 0.1) is 39.5 Å². The van der Waals surface area contributed by atoms with E-state index in [1.165, 1.54) is 0 Å². The minimum atomic E-state index is 0.230. The molecule has 26 heavy (non-hydrogen) atoms. The van der Waals surface area contributed by atoms with Gasteiger partial charge in [-0.15, -0.1) is 0 Å². The van der Waals surface area contributed by atoms with E-state index in [4.69, 9.17) is 9.47 Å². The summed E-state index contributed by atoms with van der Waals surface area (Å²) in [4.78, 5) is 8.47. The smallest absolute Gasteiger partial charge is 0.116 e. The lowest BCUT2D eigenvalue weighted by molar-refractivity contribution is 0.0541. The molecule has 2 aromatic carbocycles. The summed E-state index contributed by atoms with van der Waals surface area (Å²) in [6.45, 7) is 3.19. The molecule has 138 valence electrons. The zero-order valence-corrected chi connectivity index (χ0v) is 14.6. The average Bonchev–Trinajstić information content (AvgIpc) is 2.63. The third-order valence-corrected chi connectivity index (χ3v) is 3.32. The van der Waals surface area contributed by atoms with Crippen LogP contribution in [0.15, 0.2) is 58.5 Å². The molecule has 0 fully saturated rings. The number of phenols is 2. The second-order valence-corrected chi connectivity index (χ2v) is 5.49. The summed E-state index contributed by atoms with van der Waals surface area (Å²) in [5.41, 5.74) is 1.72. The number of ether oxygens (including phenoxy) is 2. The van der Waals surface area contributed by atoms with Crippen molar-refractivity contribution in [3.8, 4) is 11.5 Å². The molecule has 0 aliphatic heterocycles. The molecule has 0 heterocycles. The highest BCUT2D eigenvalue weighted by molar-refractivity contribution is 5.80. The summed E-state index contributed by atoms with van der Waals surface area (Å²) >= 11 is 0. The molecule has 0 bridgehead atoms. The Bertz CT molecular complexity index is 655. The van der Waals surface area contributed by atoms with Crippen molar-refractivity contribution in [3.05, 3.63) is 59.7 Å². The van der Waals surface area contributed by atoms with Crippen molar-refractivity contribution in [2.24, 2.45) is 9.98 Å². The standard InChI is InChI=1S/C20H24N2O4/c23-19-5-1-3-17(13-19)15-21-7-9-25-11-12-26-10-8-22-16-18-4-2-6-20(24)14-18/h1-6,13-16,23-24H,7-12H2. The number of hydrogen-bond acceptors (Lipinski definition) is 6. The normalized spacial score (nSPS) is 11.5. The van der Waals surface area contributed by atoms with Crippen LogP contribution in [0.1, 0.15) is 11.1 Å². The number of phenolic OH excluding ortho intramolecular Hbond substituents is 2. The zero-order valence-electron chi connectivity index (χ0n) is 14.6. The number of rotatable bonds is 11. The van der Waals surface area contributed by atoms with Gasteiger partial charge >= 0.3 is 0 Å². The third kappa shape index (κ3) is 8.41. The van der Waals surface area contributed by atoms with E-state index >= 15 is 0 Å². The van der Waals surface area contributed by atoms with Gasteiger partial charge in [-0.3, -0.25) is 9.98 Å². The topological polar surface area (TPSA) is 83.6 Å². The Hall–Kier alpha value is -2.70. The number of nitrogens with zero attached hydrogens (tertiary/aromatic N) is 2. The van der Waals surface area contributed by atoms with Crippen LogP contribution < -0.4 is 0 Å². The van der Waals surface area contributed by atoms with E-state index in [2.05, 4.69) is 9.98 Å². The SMILES string of the molecule is Oc1cccc(C=NCCOCCOCCN=Cc2cccc(O)c2)c1. The molecule has 0 radical (unpaired) electrons.